The number of benzene rings is 2. The van der Waals surface area contributed by atoms with Gasteiger partial charge in [-0.3, -0.25) is 4.79 Å². The van der Waals surface area contributed by atoms with Crippen LogP contribution < -0.4 is 5.56 Å². The molecule has 0 aliphatic carbocycles. The lowest BCUT2D eigenvalue weighted by Crippen LogP contribution is -2.13. The number of halogens is 6. The molecule has 0 fully saturated rings. The van der Waals surface area contributed by atoms with Gasteiger partial charge in [0, 0.05) is 26.7 Å². The van der Waals surface area contributed by atoms with E-state index < -0.39 is 22.9 Å². The first-order chi connectivity index (χ1) is 13.5. The number of phenolic OH excluding ortho intramolecular Hbond substituents is 1. The molecule has 2 N–H and O–H groups in total. The van der Waals surface area contributed by atoms with E-state index in [4.69, 9.17) is 23.2 Å². The summed E-state index contributed by atoms with van der Waals surface area (Å²) < 4.78 is 39.6. The third-order valence-corrected chi connectivity index (χ3v) is 5.20. The van der Waals surface area contributed by atoms with Gasteiger partial charge in [-0.05, 0) is 52.3 Å². The van der Waals surface area contributed by atoms with Gasteiger partial charge in [-0.15, -0.1) is 0 Å². The van der Waals surface area contributed by atoms with Crippen LogP contribution in [0.3, 0.4) is 0 Å². The number of rotatable bonds is 2. The fourth-order valence-electron chi connectivity index (χ4n) is 2.71. The molecule has 3 rings (SSSR count). The zero-order valence-electron chi connectivity index (χ0n) is 14.0. The van der Waals surface area contributed by atoms with E-state index >= 15 is 0 Å². The second kappa shape index (κ2) is 7.75. The molecule has 0 radical (unpaired) electrons. The Labute approximate surface area is 180 Å². The van der Waals surface area contributed by atoms with Crippen LogP contribution in [0.1, 0.15) is 11.1 Å². The van der Waals surface area contributed by atoms with Crippen LogP contribution in [-0.2, 0) is 6.18 Å². The molecule has 0 bridgehead atoms. The Kier molecular flexibility index (Phi) is 5.68. The Bertz CT molecular complexity index is 1230. The molecule has 1 aromatic heterocycles. The number of aromatic hydroxyl groups is 1. The van der Waals surface area contributed by atoms with Gasteiger partial charge in [-0.2, -0.15) is 18.4 Å². The lowest BCUT2D eigenvalue weighted by atomic mass is 9.97. The van der Waals surface area contributed by atoms with Gasteiger partial charge < -0.3 is 10.1 Å². The highest BCUT2D eigenvalue weighted by Crippen LogP contribution is 2.40. The molecule has 0 unspecified atom stereocenters. The number of alkyl halides is 3. The van der Waals surface area contributed by atoms with Crippen molar-refractivity contribution in [3.63, 3.8) is 0 Å². The number of aromatic amines is 1. The maximum absolute atomic E-state index is 13.1. The van der Waals surface area contributed by atoms with Crippen molar-refractivity contribution in [3.8, 4) is 34.2 Å². The van der Waals surface area contributed by atoms with Crippen molar-refractivity contribution in [3.05, 3.63) is 72.4 Å². The van der Waals surface area contributed by atoms with Crippen molar-refractivity contribution < 1.29 is 18.3 Å². The van der Waals surface area contributed by atoms with Crippen LogP contribution in [0.4, 0.5) is 13.2 Å². The summed E-state index contributed by atoms with van der Waals surface area (Å²) in [7, 11) is 0. The molecule has 4 nitrogen and oxygen atoms in total. The van der Waals surface area contributed by atoms with Gasteiger partial charge in [0.2, 0.25) is 0 Å². The van der Waals surface area contributed by atoms with Gasteiger partial charge in [0.05, 0.1) is 15.7 Å². The van der Waals surface area contributed by atoms with E-state index in [1.54, 1.807) is 6.07 Å². The van der Waals surface area contributed by atoms with E-state index in [-0.39, 0.29) is 42.7 Å². The zero-order valence-corrected chi connectivity index (χ0v) is 17.1. The molecule has 1 heterocycles. The second-order valence-electron chi connectivity index (χ2n) is 5.89. The summed E-state index contributed by atoms with van der Waals surface area (Å²) in [5.74, 6) is -0.254. The Morgan fingerprint density at radius 1 is 1.07 bits per heavy atom. The Morgan fingerprint density at radius 2 is 1.76 bits per heavy atom. The highest BCUT2D eigenvalue weighted by Gasteiger charge is 2.31. The van der Waals surface area contributed by atoms with E-state index in [1.807, 2.05) is 0 Å². The summed E-state index contributed by atoms with van der Waals surface area (Å²) in [6, 6.07) is 8.32. The first kappa shape index (κ1) is 21.2. The van der Waals surface area contributed by atoms with Crippen LogP contribution in [0, 0.1) is 11.3 Å². The van der Waals surface area contributed by atoms with Crippen molar-refractivity contribution >= 4 is 39.1 Å². The number of pyridine rings is 1. The molecular weight excluding hydrogens is 496 g/mol. The molecule has 0 aliphatic rings. The van der Waals surface area contributed by atoms with E-state index in [0.29, 0.717) is 0 Å². The predicted octanol–water partition coefficient (Wildman–Crippen LogP) is 6.37. The summed E-state index contributed by atoms with van der Waals surface area (Å²) in [6.45, 7) is 0. The number of hydrogen-bond acceptors (Lipinski definition) is 3. The van der Waals surface area contributed by atoms with Gasteiger partial charge >= 0.3 is 6.18 Å². The number of nitrogens with one attached hydrogen (secondary N) is 1. The molecule has 29 heavy (non-hydrogen) atoms. The van der Waals surface area contributed by atoms with Crippen molar-refractivity contribution in [2.75, 3.05) is 0 Å². The highest BCUT2D eigenvalue weighted by molar-refractivity contribution is 9.10. The third kappa shape index (κ3) is 4.13. The minimum absolute atomic E-state index is 0.0400. The van der Waals surface area contributed by atoms with Gasteiger partial charge in [-0.25, -0.2) is 0 Å². The number of nitriles is 1. The topological polar surface area (TPSA) is 76.9 Å². The lowest BCUT2D eigenvalue weighted by Gasteiger charge is -2.14. The Hall–Kier alpha value is -2.47. The summed E-state index contributed by atoms with van der Waals surface area (Å²) in [5.41, 5.74) is -2.38. The van der Waals surface area contributed by atoms with Gasteiger partial charge in [0.1, 0.15) is 17.4 Å². The SMILES string of the molecule is N#Cc1c(-c2cc(C(F)(F)F)ccc2Cl)cc(-c2cc(Cl)cc(Br)c2O)[nH]c1=O. The van der Waals surface area contributed by atoms with Crippen LogP contribution in [0.25, 0.3) is 22.4 Å². The van der Waals surface area contributed by atoms with Crippen LogP contribution in [0.15, 0.2) is 45.7 Å². The third-order valence-electron chi connectivity index (χ3n) is 4.05. The largest absolute Gasteiger partial charge is 0.506 e. The molecule has 0 spiro atoms. The van der Waals surface area contributed by atoms with Crippen molar-refractivity contribution in [2.45, 2.75) is 6.18 Å². The fourth-order valence-corrected chi connectivity index (χ4v) is 3.74. The standard InChI is InChI=1S/C19H8BrCl2F3N2O2/c20-14-5-9(21)4-12(17(14)28)16-6-10(13(7-26)18(29)27-16)11-3-8(19(23,24)25)1-2-15(11)22/h1-6,28H,(H,27,29). The molecule has 0 aliphatic heterocycles. The number of H-pyrrole nitrogens is 1. The maximum Gasteiger partial charge on any atom is 0.416 e. The summed E-state index contributed by atoms with van der Waals surface area (Å²) in [4.78, 5) is 14.9. The lowest BCUT2D eigenvalue weighted by molar-refractivity contribution is -0.137. The molecule has 2 aromatic carbocycles. The number of phenols is 1. The van der Waals surface area contributed by atoms with Crippen molar-refractivity contribution in [2.24, 2.45) is 0 Å². The van der Waals surface area contributed by atoms with E-state index in [9.17, 15) is 28.3 Å². The fraction of sp³-hybridized carbons (Fsp3) is 0.0526. The van der Waals surface area contributed by atoms with E-state index in [1.165, 1.54) is 18.2 Å². The van der Waals surface area contributed by atoms with Gasteiger partial charge in [-0.1, -0.05) is 23.2 Å². The summed E-state index contributed by atoms with van der Waals surface area (Å²) in [6.07, 6.45) is -4.65. The smallest absolute Gasteiger partial charge is 0.416 e. The van der Waals surface area contributed by atoms with Crippen LogP contribution in [0.5, 0.6) is 5.75 Å². The normalized spacial score (nSPS) is 11.3. The molecular formula is C19H8BrCl2F3N2O2. The highest BCUT2D eigenvalue weighted by atomic mass is 79.9. The van der Waals surface area contributed by atoms with Crippen LogP contribution in [0.2, 0.25) is 10.0 Å². The maximum atomic E-state index is 13.1. The number of nitrogens with zero attached hydrogens (tertiary/aromatic N) is 1. The van der Waals surface area contributed by atoms with E-state index in [0.717, 1.165) is 18.2 Å². The molecule has 0 saturated heterocycles. The minimum Gasteiger partial charge on any atom is -0.506 e. The average molecular weight is 504 g/mol. The molecule has 148 valence electrons. The van der Waals surface area contributed by atoms with Crippen LogP contribution in [-0.4, -0.2) is 10.1 Å². The molecule has 0 amide bonds. The van der Waals surface area contributed by atoms with Gasteiger partial charge in [0.15, 0.2) is 0 Å². The van der Waals surface area contributed by atoms with Crippen molar-refractivity contribution in [1.82, 2.24) is 4.98 Å². The quantitative estimate of drug-likeness (QED) is 0.426. The average Bonchev–Trinajstić information content (AvgIpc) is 2.63. The Balaban J connectivity index is 2.35. The molecule has 0 saturated carbocycles. The number of aromatic nitrogens is 1. The van der Waals surface area contributed by atoms with Gasteiger partial charge in [0.25, 0.3) is 5.56 Å². The Morgan fingerprint density at radius 3 is 2.38 bits per heavy atom. The van der Waals surface area contributed by atoms with E-state index in [2.05, 4.69) is 20.9 Å². The van der Waals surface area contributed by atoms with Crippen LogP contribution >= 0.6 is 39.1 Å². The zero-order chi connectivity index (χ0) is 21.5. The molecule has 0 atom stereocenters. The number of hydrogen-bond donors (Lipinski definition) is 2. The first-order valence-electron chi connectivity index (χ1n) is 7.76. The summed E-state index contributed by atoms with van der Waals surface area (Å²) in [5, 5.41) is 19.8. The minimum atomic E-state index is -4.65. The summed E-state index contributed by atoms with van der Waals surface area (Å²) >= 11 is 15.2. The second-order valence-corrected chi connectivity index (χ2v) is 7.59. The molecule has 3 aromatic rings. The molecule has 10 heteroatoms. The monoisotopic (exact) mass is 502 g/mol. The van der Waals surface area contributed by atoms with Crippen molar-refractivity contribution in [1.29, 1.82) is 5.26 Å². The first-order valence-corrected chi connectivity index (χ1v) is 9.30. The predicted molar refractivity (Wildman–Crippen MR) is 107 cm³/mol.